The fourth-order valence-electron chi connectivity index (χ4n) is 1.08. The van der Waals surface area contributed by atoms with E-state index in [1.165, 1.54) is 0 Å². The molecule has 0 saturated heterocycles. The van der Waals surface area contributed by atoms with E-state index in [0.29, 0.717) is 17.3 Å². The number of nitrogens with one attached hydrogen (secondary N) is 1. The van der Waals surface area contributed by atoms with Gasteiger partial charge in [0.25, 0.3) is 0 Å². The molecule has 0 atom stereocenters. The van der Waals surface area contributed by atoms with E-state index in [0.717, 1.165) is 12.8 Å². The van der Waals surface area contributed by atoms with Crippen LogP contribution in [-0.4, -0.2) is 10.2 Å². The van der Waals surface area contributed by atoms with Crippen LogP contribution in [0.2, 0.25) is 0 Å². The van der Waals surface area contributed by atoms with E-state index >= 15 is 0 Å². The summed E-state index contributed by atoms with van der Waals surface area (Å²) in [5.41, 5.74) is 1.19. The van der Waals surface area contributed by atoms with Gasteiger partial charge in [0, 0.05) is 5.92 Å². The molecule has 0 aliphatic heterocycles. The standard InChI is InChI=1S/C7H9FN2/c1-4-6(8)7(10-9-4)5-2-3-5/h5H,2-3H2,1H3,(H,9,10). The molecule has 54 valence electrons. The van der Waals surface area contributed by atoms with E-state index in [2.05, 4.69) is 10.2 Å². The molecule has 1 aromatic rings. The van der Waals surface area contributed by atoms with Crippen molar-refractivity contribution < 1.29 is 4.39 Å². The third-order valence-corrected chi connectivity index (χ3v) is 1.88. The molecular formula is C7H9FN2. The second-order valence-electron chi connectivity index (χ2n) is 2.81. The minimum absolute atomic E-state index is 0.137. The molecular weight excluding hydrogens is 131 g/mol. The van der Waals surface area contributed by atoms with Crippen LogP contribution >= 0.6 is 0 Å². The number of H-pyrrole nitrogens is 1. The largest absolute Gasteiger partial charge is 0.279 e. The summed E-state index contributed by atoms with van der Waals surface area (Å²) in [6, 6.07) is 0. The number of aryl methyl sites for hydroxylation is 1. The van der Waals surface area contributed by atoms with Crippen molar-refractivity contribution in [3.05, 3.63) is 17.2 Å². The number of halogens is 1. The third-order valence-electron chi connectivity index (χ3n) is 1.88. The van der Waals surface area contributed by atoms with Crippen molar-refractivity contribution in [2.45, 2.75) is 25.7 Å². The summed E-state index contributed by atoms with van der Waals surface area (Å²) in [7, 11) is 0. The Bertz CT molecular complexity index is 250. The highest BCUT2D eigenvalue weighted by atomic mass is 19.1. The van der Waals surface area contributed by atoms with Crippen molar-refractivity contribution in [3.63, 3.8) is 0 Å². The molecule has 1 saturated carbocycles. The van der Waals surface area contributed by atoms with Gasteiger partial charge in [0.1, 0.15) is 0 Å². The van der Waals surface area contributed by atoms with Gasteiger partial charge >= 0.3 is 0 Å². The summed E-state index contributed by atoms with van der Waals surface area (Å²) in [5.74, 6) is 0.295. The molecule has 10 heavy (non-hydrogen) atoms. The summed E-state index contributed by atoms with van der Waals surface area (Å²) in [5, 5.41) is 6.49. The lowest BCUT2D eigenvalue weighted by atomic mass is 10.2. The molecule has 3 heteroatoms. The summed E-state index contributed by atoms with van der Waals surface area (Å²) < 4.78 is 13.0. The molecule has 1 aliphatic rings. The second kappa shape index (κ2) is 1.81. The normalized spacial score (nSPS) is 17.8. The molecule has 0 spiro atoms. The first-order valence-electron chi connectivity index (χ1n) is 3.49. The number of hydrogen-bond acceptors (Lipinski definition) is 1. The van der Waals surface area contributed by atoms with E-state index in [4.69, 9.17) is 0 Å². The zero-order valence-corrected chi connectivity index (χ0v) is 5.82. The lowest BCUT2D eigenvalue weighted by Crippen LogP contribution is -1.82. The Labute approximate surface area is 58.4 Å². The molecule has 1 aliphatic carbocycles. The van der Waals surface area contributed by atoms with Crippen molar-refractivity contribution in [3.8, 4) is 0 Å². The first kappa shape index (κ1) is 5.89. The maximum atomic E-state index is 13.0. The lowest BCUT2D eigenvalue weighted by Gasteiger charge is -1.88. The molecule has 1 fully saturated rings. The van der Waals surface area contributed by atoms with Gasteiger partial charge < -0.3 is 0 Å². The summed E-state index contributed by atoms with van der Waals surface area (Å²) in [6.07, 6.45) is 2.22. The molecule has 0 aromatic carbocycles. The van der Waals surface area contributed by atoms with Gasteiger partial charge in [-0.3, -0.25) is 5.10 Å². The average Bonchev–Trinajstić information content (AvgIpc) is 2.67. The van der Waals surface area contributed by atoms with Gasteiger partial charge in [-0.1, -0.05) is 0 Å². The SMILES string of the molecule is Cc1n[nH]c(C2CC2)c1F. The van der Waals surface area contributed by atoms with Crippen LogP contribution in [-0.2, 0) is 0 Å². The minimum atomic E-state index is -0.137. The molecule has 0 radical (unpaired) electrons. The highest BCUT2D eigenvalue weighted by Crippen LogP contribution is 2.40. The van der Waals surface area contributed by atoms with Crippen LogP contribution in [0.15, 0.2) is 0 Å². The van der Waals surface area contributed by atoms with Crippen molar-refractivity contribution in [1.29, 1.82) is 0 Å². The predicted octanol–water partition coefficient (Wildman–Crippen LogP) is 1.73. The minimum Gasteiger partial charge on any atom is -0.279 e. The highest BCUT2D eigenvalue weighted by molar-refractivity contribution is 5.19. The number of rotatable bonds is 1. The van der Waals surface area contributed by atoms with Crippen LogP contribution in [0.1, 0.15) is 30.1 Å². The smallest absolute Gasteiger partial charge is 0.167 e. The van der Waals surface area contributed by atoms with Crippen molar-refractivity contribution in [2.24, 2.45) is 0 Å². The van der Waals surface area contributed by atoms with Crippen molar-refractivity contribution in [2.75, 3.05) is 0 Å². The van der Waals surface area contributed by atoms with Gasteiger partial charge in [0.2, 0.25) is 0 Å². The maximum Gasteiger partial charge on any atom is 0.167 e. The Morgan fingerprint density at radius 2 is 2.30 bits per heavy atom. The molecule has 1 aromatic heterocycles. The Hall–Kier alpha value is -0.860. The van der Waals surface area contributed by atoms with Crippen LogP contribution in [0.4, 0.5) is 4.39 Å². The zero-order chi connectivity index (χ0) is 7.14. The predicted molar refractivity (Wildman–Crippen MR) is 35.3 cm³/mol. The first-order chi connectivity index (χ1) is 4.79. The van der Waals surface area contributed by atoms with Gasteiger partial charge in [0.15, 0.2) is 5.82 Å². The fourth-order valence-corrected chi connectivity index (χ4v) is 1.08. The Morgan fingerprint density at radius 1 is 1.60 bits per heavy atom. The fraction of sp³-hybridized carbons (Fsp3) is 0.571. The topological polar surface area (TPSA) is 28.7 Å². The molecule has 1 heterocycles. The van der Waals surface area contributed by atoms with E-state index in [1.54, 1.807) is 6.92 Å². The maximum absolute atomic E-state index is 13.0. The van der Waals surface area contributed by atoms with Crippen LogP contribution < -0.4 is 0 Å². The Kier molecular flexibility index (Phi) is 1.07. The molecule has 1 N–H and O–H groups in total. The summed E-state index contributed by atoms with van der Waals surface area (Å²) in [6.45, 7) is 1.68. The number of hydrogen-bond donors (Lipinski definition) is 1. The van der Waals surface area contributed by atoms with Gasteiger partial charge in [-0.05, 0) is 19.8 Å². The van der Waals surface area contributed by atoms with Gasteiger partial charge in [0.05, 0.1) is 11.4 Å². The molecule has 0 bridgehead atoms. The number of aromatic nitrogens is 2. The summed E-state index contributed by atoms with van der Waals surface area (Å²) >= 11 is 0. The second-order valence-corrected chi connectivity index (χ2v) is 2.81. The van der Waals surface area contributed by atoms with E-state index in [-0.39, 0.29) is 5.82 Å². The monoisotopic (exact) mass is 140 g/mol. The van der Waals surface area contributed by atoms with Crippen LogP contribution in [0.25, 0.3) is 0 Å². The molecule has 2 nitrogen and oxygen atoms in total. The van der Waals surface area contributed by atoms with Crippen molar-refractivity contribution in [1.82, 2.24) is 10.2 Å². The molecule has 0 unspecified atom stereocenters. The third kappa shape index (κ3) is 0.735. The number of aromatic amines is 1. The van der Waals surface area contributed by atoms with E-state index < -0.39 is 0 Å². The first-order valence-corrected chi connectivity index (χ1v) is 3.49. The Balaban J connectivity index is 2.40. The van der Waals surface area contributed by atoms with Crippen LogP contribution in [0.3, 0.4) is 0 Å². The summed E-state index contributed by atoms with van der Waals surface area (Å²) in [4.78, 5) is 0. The number of nitrogens with zero attached hydrogens (tertiary/aromatic N) is 1. The van der Waals surface area contributed by atoms with Gasteiger partial charge in [-0.2, -0.15) is 5.10 Å². The van der Waals surface area contributed by atoms with Gasteiger partial charge in [-0.25, -0.2) is 4.39 Å². The highest BCUT2D eigenvalue weighted by Gasteiger charge is 2.29. The molecule has 0 amide bonds. The van der Waals surface area contributed by atoms with Crippen LogP contribution in [0, 0.1) is 12.7 Å². The lowest BCUT2D eigenvalue weighted by molar-refractivity contribution is 0.602. The van der Waals surface area contributed by atoms with E-state index in [9.17, 15) is 4.39 Å². The quantitative estimate of drug-likeness (QED) is 0.632. The Morgan fingerprint density at radius 3 is 2.70 bits per heavy atom. The van der Waals surface area contributed by atoms with E-state index in [1.807, 2.05) is 0 Å². The van der Waals surface area contributed by atoms with Gasteiger partial charge in [-0.15, -0.1) is 0 Å². The van der Waals surface area contributed by atoms with Crippen molar-refractivity contribution >= 4 is 0 Å². The average molecular weight is 140 g/mol. The molecule has 2 rings (SSSR count). The zero-order valence-electron chi connectivity index (χ0n) is 5.82. The van der Waals surface area contributed by atoms with Crippen LogP contribution in [0.5, 0.6) is 0 Å².